The quantitative estimate of drug-likeness (QED) is 0.419. The van der Waals surface area contributed by atoms with E-state index in [0.29, 0.717) is 0 Å². The van der Waals surface area contributed by atoms with Gasteiger partial charge in [-0.25, -0.2) is 0 Å². The summed E-state index contributed by atoms with van der Waals surface area (Å²) in [6.45, 7) is 11.9. The molecular weight excluding hydrogens is 292 g/mol. The Kier molecular flexibility index (Phi) is 18.6. The largest absolute Gasteiger partial charge is 0.394 e. The van der Waals surface area contributed by atoms with Crippen molar-refractivity contribution in [3.63, 3.8) is 0 Å². The van der Waals surface area contributed by atoms with E-state index in [9.17, 15) is 0 Å². The highest BCUT2D eigenvalue weighted by Crippen LogP contribution is 2.17. The van der Waals surface area contributed by atoms with Crippen molar-refractivity contribution in [1.82, 2.24) is 5.32 Å². The lowest BCUT2D eigenvalue weighted by Crippen LogP contribution is -1.96. The predicted octanol–water partition coefficient (Wildman–Crippen LogP) is 5.81. The molecule has 0 aliphatic rings. The Hall–Kier alpha value is -2.35. The van der Waals surface area contributed by atoms with Gasteiger partial charge in [0.1, 0.15) is 0 Å². The van der Waals surface area contributed by atoms with E-state index in [1.807, 2.05) is 71.3 Å². The molecule has 0 heterocycles. The van der Waals surface area contributed by atoms with Crippen molar-refractivity contribution in [2.75, 3.05) is 14.1 Å². The van der Waals surface area contributed by atoms with Crippen LogP contribution in [0.15, 0.2) is 89.7 Å². The summed E-state index contributed by atoms with van der Waals surface area (Å²) in [4.78, 5) is 4.02. The molecule has 24 heavy (non-hydrogen) atoms. The number of nitrogens with zero attached hydrogens (tertiary/aromatic N) is 1. The van der Waals surface area contributed by atoms with E-state index >= 15 is 0 Å². The highest BCUT2D eigenvalue weighted by Gasteiger charge is 2.01. The summed E-state index contributed by atoms with van der Waals surface area (Å²) < 4.78 is 0. The molecule has 0 bridgehead atoms. The van der Waals surface area contributed by atoms with E-state index in [-0.39, 0.29) is 5.92 Å². The first-order chi connectivity index (χ1) is 11.7. The molecule has 1 unspecified atom stereocenters. The molecule has 2 nitrogen and oxygen atoms in total. The van der Waals surface area contributed by atoms with Crippen LogP contribution in [0.5, 0.6) is 0 Å². The molecule has 2 heteroatoms. The van der Waals surface area contributed by atoms with Gasteiger partial charge in [-0.3, -0.25) is 4.99 Å². The zero-order valence-electron chi connectivity index (χ0n) is 16.2. The van der Waals surface area contributed by atoms with Crippen molar-refractivity contribution >= 4 is 6.21 Å². The second kappa shape index (κ2) is 18.7. The third-order valence-electron chi connectivity index (χ3n) is 2.80. The fourth-order valence-corrected chi connectivity index (χ4v) is 1.76. The van der Waals surface area contributed by atoms with Gasteiger partial charge in [-0.15, -0.1) is 0 Å². The third kappa shape index (κ3) is 12.2. The molecule has 0 aromatic heterocycles. The molecule has 0 aliphatic heterocycles. The molecule has 1 N–H and O–H groups in total. The van der Waals surface area contributed by atoms with Crippen molar-refractivity contribution in [3.8, 4) is 0 Å². The zero-order chi connectivity index (χ0) is 18.6. The first-order valence-corrected chi connectivity index (χ1v) is 8.46. The van der Waals surface area contributed by atoms with Crippen LogP contribution in [-0.2, 0) is 0 Å². The monoisotopic (exact) mass is 326 g/mol. The van der Waals surface area contributed by atoms with E-state index in [0.717, 1.165) is 11.1 Å². The van der Waals surface area contributed by atoms with E-state index in [4.69, 9.17) is 0 Å². The van der Waals surface area contributed by atoms with E-state index in [1.165, 1.54) is 0 Å². The molecule has 1 atom stereocenters. The fraction of sp³-hybridized carbons (Fsp3) is 0.318. The van der Waals surface area contributed by atoms with Crippen molar-refractivity contribution in [2.45, 2.75) is 27.7 Å². The van der Waals surface area contributed by atoms with Crippen LogP contribution in [0.1, 0.15) is 27.7 Å². The first-order valence-electron chi connectivity index (χ1n) is 8.46. The number of rotatable bonds is 9. The van der Waals surface area contributed by atoms with Crippen molar-refractivity contribution in [2.24, 2.45) is 10.9 Å². The molecule has 0 fully saturated rings. The highest BCUT2D eigenvalue weighted by atomic mass is 14.8. The number of hydrogen-bond donors (Lipinski definition) is 1. The minimum Gasteiger partial charge on any atom is -0.394 e. The predicted molar refractivity (Wildman–Crippen MR) is 113 cm³/mol. The molecule has 0 radical (unpaired) electrons. The Morgan fingerprint density at radius 1 is 1.04 bits per heavy atom. The topological polar surface area (TPSA) is 24.4 Å². The standard InChI is InChI=1S/C20H28N2.C2H6/c1-6-9-10-12-18(13-15-21-4)17-19(8-3)20(11-7-2)14-16-22-5;1-2/h6-18,21H,3H2,1-2,4-5H3;1-2H3/b9-6-,11-7-,12-10-,15-13-,19-17+,20-14-,22-16?;. The maximum atomic E-state index is 4.02. The van der Waals surface area contributed by atoms with Gasteiger partial charge >= 0.3 is 0 Å². The molecule has 0 aromatic rings. The number of allylic oxidation sites excluding steroid dienone is 12. The van der Waals surface area contributed by atoms with Gasteiger partial charge in [-0.05, 0) is 37.3 Å². The molecule has 0 spiro atoms. The minimum atomic E-state index is 0.184. The van der Waals surface area contributed by atoms with Crippen molar-refractivity contribution < 1.29 is 0 Å². The van der Waals surface area contributed by atoms with Gasteiger partial charge < -0.3 is 5.32 Å². The molecule has 0 amide bonds. The average molecular weight is 327 g/mol. The number of hydrogen-bond acceptors (Lipinski definition) is 2. The second-order valence-electron chi connectivity index (χ2n) is 4.49. The Labute approximate surface area is 149 Å². The Balaban J connectivity index is 0. The summed E-state index contributed by atoms with van der Waals surface area (Å²) in [5.74, 6) is 0.184. The van der Waals surface area contributed by atoms with Gasteiger partial charge in [-0.1, -0.05) is 75.1 Å². The minimum absolute atomic E-state index is 0.184. The van der Waals surface area contributed by atoms with Crippen LogP contribution >= 0.6 is 0 Å². The Bertz CT molecular complexity index is 512. The van der Waals surface area contributed by atoms with Crippen molar-refractivity contribution in [3.05, 3.63) is 84.7 Å². The van der Waals surface area contributed by atoms with Crippen LogP contribution in [0, 0.1) is 5.92 Å². The molecule has 0 aliphatic carbocycles. The summed E-state index contributed by atoms with van der Waals surface area (Å²) in [6, 6.07) is 0. The SMILES string of the molecule is C=CC(=C\C(/C=C\C=C/C)/C=C\NC)/C(/C=C\C)=C\C=NC.CC. The van der Waals surface area contributed by atoms with Gasteiger partial charge in [0, 0.05) is 26.2 Å². The van der Waals surface area contributed by atoms with Gasteiger partial charge in [0.15, 0.2) is 0 Å². The molecule has 0 aromatic carbocycles. The summed E-state index contributed by atoms with van der Waals surface area (Å²) >= 11 is 0. The second-order valence-corrected chi connectivity index (χ2v) is 4.49. The molecule has 0 rings (SSSR count). The van der Waals surface area contributed by atoms with Crippen molar-refractivity contribution in [1.29, 1.82) is 0 Å². The Morgan fingerprint density at radius 2 is 1.75 bits per heavy atom. The molecule has 0 saturated heterocycles. The smallest absolute Gasteiger partial charge is 0.0277 e. The summed E-state index contributed by atoms with van der Waals surface area (Å²) in [6.07, 6.45) is 24.2. The van der Waals surface area contributed by atoms with Crippen LogP contribution in [0.2, 0.25) is 0 Å². The molecule has 0 saturated carbocycles. The number of nitrogens with one attached hydrogen (secondary N) is 1. The van der Waals surface area contributed by atoms with E-state index in [2.05, 4.69) is 47.3 Å². The van der Waals surface area contributed by atoms with Gasteiger partial charge in [0.05, 0.1) is 0 Å². The number of aliphatic imine (C=N–C) groups is 1. The van der Waals surface area contributed by atoms with Crippen LogP contribution in [-0.4, -0.2) is 20.3 Å². The van der Waals surface area contributed by atoms with Crippen LogP contribution in [0.4, 0.5) is 0 Å². The zero-order valence-corrected chi connectivity index (χ0v) is 16.2. The maximum Gasteiger partial charge on any atom is 0.0277 e. The third-order valence-corrected chi connectivity index (χ3v) is 2.80. The lowest BCUT2D eigenvalue weighted by molar-refractivity contribution is 1.01. The molecule has 132 valence electrons. The summed E-state index contributed by atoms with van der Waals surface area (Å²) in [5, 5.41) is 3.03. The van der Waals surface area contributed by atoms with Gasteiger partial charge in [0.2, 0.25) is 0 Å². The average Bonchev–Trinajstić information content (AvgIpc) is 2.62. The first kappa shape index (κ1) is 23.9. The van der Waals surface area contributed by atoms with Crippen LogP contribution < -0.4 is 5.32 Å². The van der Waals surface area contributed by atoms with Crippen LogP contribution in [0.25, 0.3) is 0 Å². The van der Waals surface area contributed by atoms with Gasteiger partial charge in [0.25, 0.3) is 0 Å². The molecular formula is C22H34N2. The van der Waals surface area contributed by atoms with Gasteiger partial charge in [-0.2, -0.15) is 0 Å². The summed E-state index contributed by atoms with van der Waals surface area (Å²) in [5.41, 5.74) is 2.17. The van der Waals surface area contributed by atoms with Crippen LogP contribution in [0.3, 0.4) is 0 Å². The summed E-state index contributed by atoms with van der Waals surface area (Å²) in [7, 11) is 3.66. The normalized spacial score (nSPS) is 14.8. The lowest BCUT2D eigenvalue weighted by atomic mass is 9.98. The Morgan fingerprint density at radius 3 is 2.25 bits per heavy atom. The van der Waals surface area contributed by atoms with E-state index in [1.54, 1.807) is 13.3 Å². The fourth-order valence-electron chi connectivity index (χ4n) is 1.76. The lowest BCUT2D eigenvalue weighted by Gasteiger charge is -2.07. The maximum absolute atomic E-state index is 4.02. The highest BCUT2D eigenvalue weighted by molar-refractivity contribution is 5.75. The van der Waals surface area contributed by atoms with E-state index < -0.39 is 0 Å².